The molecule has 3 aromatic carbocycles. The van der Waals surface area contributed by atoms with Gasteiger partial charge in [-0.3, -0.25) is 4.79 Å². The zero-order valence-electron chi connectivity index (χ0n) is 17.6. The van der Waals surface area contributed by atoms with Crippen LogP contribution < -0.4 is 9.64 Å². The number of hydrogen-bond donors (Lipinski definition) is 0. The molecule has 0 spiro atoms. The predicted molar refractivity (Wildman–Crippen MR) is 123 cm³/mol. The first-order valence-corrected chi connectivity index (χ1v) is 10.7. The van der Waals surface area contributed by atoms with Gasteiger partial charge in [0.1, 0.15) is 18.2 Å². The average molecular weight is 412 g/mol. The lowest BCUT2D eigenvalue weighted by atomic mass is 10.1. The molecule has 2 heterocycles. The Balaban J connectivity index is 1.40. The molecule has 1 aromatic heterocycles. The van der Waals surface area contributed by atoms with Gasteiger partial charge < -0.3 is 14.2 Å². The Morgan fingerprint density at radius 1 is 0.968 bits per heavy atom. The summed E-state index contributed by atoms with van der Waals surface area (Å²) < 4.78 is 8.16. The van der Waals surface area contributed by atoms with E-state index in [1.54, 1.807) is 0 Å². The summed E-state index contributed by atoms with van der Waals surface area (Å²) in [6, 6.07) is 26.1. The fourth-order valence-corrected chi connectivity index (χ4v) is 4.27. The van der Waals surface area contributed by atoms with Gasteiger partial charge in [0, 0.05) is 24.6 Å². The van der Waals surface area contributed by atoms with Crippen molar-refractivity contribution in [2.45, 2.75) is 25.8 Å². The number of benzene rings is 3. The Hall–Kier alpha value is -3.60. The van der Waals surface area contributed by atoms with Crippen LogP contribution in [0.3, 0.4) is 0 Å². The molecule has 1 fully saturated rings. The minimum atomic E-state index is 0.0536. The van der Waals surface area contributed by atoms with Gasteiger partial charge in [-0.25, -0.2) is 4.98 Å². The maximum absolute atomic E-state index is 12.8. The Labute approximate surface area is 181 Å². The molecule has 1 aliphatic heterocycles. The van der Waals surface area contributed by atoms with Gasteiger partial charge >= 0.3 is 0 Å². The number of carbonyl (C=O) groups excluding carboxylic acids is 1. The highest BCUT2D eigenvalue weighted by Crippen LogP contribution is 2.33. The van der Waals surface area contributed by atoms with Crippen molar-refractivity contribution in [3.8, 4) is 5.75 Å². The van der Waals surface area contributed by atoms with Crippen LogP contribution in [0, 0.1) is 6.92 Å². The van der Waals surface area contributed by atoms with Crippen molar-refractivity contribution in [2.75, 3.05) is 18.1 Å². The van der Waals surface area contributed by atoms with E-state index in [1.807, 2.05) is 77.7 Å². The van der Waals surface area contributed by atoms with Gasteiger partial charge in [0.15, 0.2) is 0 Å². The Morgan fingerprint density at radius 2 is 1.71 bits per heavy atom. The monoisotopic (exact) mass is 411 g/mol. The molecule has 1 unspecified atom stereocenters. The number of ether oxygens (including phenoxy) is 1. The molecule has 0 aliphatic carbocycles. The molecule has 0 N–H and O–H groups in total. The van der Waals surface area contributed by atoms with Gasteiger partial charge in [-0.2, -0.15) is 0 Å². The number of nitrogens with zero attached hydrogens (tertiary/aromatic N) is 3. The molecular formula is C26H25N3O2. The first-order valence-electron chi connectivity index (χ1n) is 10.7. The largest absolute Gasteiger partial charge is 0.492 e. The van der Waals surface area contributed by atoms with Crippen LogP contribution in [-0.2, 0) is 11.3 Å². The van der Waals surface area contributed by atoms with E-state index >= 15 is 0 Å². The molecule has 31 heavy (non-hydrogen) atoms. The summed E-state index contributed by atoms with van der Waals surface area (Å²) in [4.78, 5) is 19.6. The number of aromatic nitrogens is 2. The zero-order valence-corrected chi connectivity index (χ0v) is 17.6. The molecule has 4 aromatic rings. The maximum Gasteiger partial charge on any atom is 0.227 e. The number of amides is 1. The van der Waals surface area contributed by atoms with Crippen LogP contribution in [-0.4, -0.2) is 28.6 Å². The Kier molecular flexibility index (Phi) is 5.16. The van der Waals surface area contributed by atoms with Crippen molar-refractivity contribution in [2.24, 2.45) is 0 Å². The smallest absolute Gasteiger partial charge is 0.227 e. The number of fused-ring (bicyclic) bond motifs is 1. The molecule has 5 rings (SSSR count). The first kappa shape index (κ1) is 19.4. The summed E-state index contributed by atoms with van der Waals surface area (Å²) >= 11 is 0. The summed E-state index contributed by atoms with van der Waals surface area (Å²) in [5, 5.41) is 0. The molecule has 0 radical (unpaired) electrons. The summed E-state index contributed by atoms with van der Waals surface area (Å²) in [6.45, 7) is 3.92. The van der Waals surface area contributed by atoms with E-state index in [2.05, 4.69) is 17.6 Å². The van der Waals surface area contributed by atoms with Crippen LogP contribution in [0.4, 0.5) is 5.69 Å². The molecule has 1 amide bonds. The molecule has 156 valence electrons. The minimum absolute atomic E-state index is 0.0536. The molecule has 5 heteroatoms. The second kappa shape index (κ2) is 8.26. The second-order valence-corrected chi connectivity index (χ2v) is 8.01. The third kappa shape index (κ3) is 3.91. The van der Waals surface area contributed by atoms with Crippen LogP contribution in [0.2, 0.25) is 0 Å². The number of hydrogen-bond acceptors (Lipinski definition) is 3. The molecule has 1 saturated heterocycles. The highest BCUT2D eigenvalue weighted by Gasteiger charge is 2.34. The topological polar surface area (TPSA) is 47.4 Å². The number of imidazole rings is 1. The molecule has 0 saturated carbocycles. The van der Waals surface area contributed by atoms with E-state index in [0.29, 0.717) is 26.1 Å². The SMILES string of the molecule is Cc1ccc(N2CC(c3nc4ccccc4n3CCOc3ccccc3)CC2=O)cc1. The van der Waals surface area contributed by atoms with Gasteiger partial charge in [0.25, 0.3) is 0 Å². The van der Waals surface area contributed by atoms with Gasteiger partial charge in [-0.05, 0) is 43.3 Å². The number of para-hydroxylation sites is 3. The van der Waals surface area contributed by atoms with Crippen LogP contribution in [0.1, 0.15) is 23.7 Å². The van der Waals surface area contributed by atoms with E-state index in [-0.39, 0.29) is 11.8 Å². The Bertz CT molecular complexity index is 1200. The summed E-state index contributed by atoms with van der Waals surface area (Å²) in [5.41, 5.74) is 4.18. The van der Waals surface area contributed by atoms with Crippen molar-refractivity contribution in [3.05, 3.63) is 90.3 Å². The number of carbonyl (C=O) groups is 1. The number of anilines is 1. The minimum Gasteiger partial charge on any atom is -0.492 e. The fraction of sp³-hybridized carbons (Fsp3) is 0.231. The molecule has 1 atom stereocenters. The third-order valence-corrected chi connectivity index (χ3v) is 5.85. The van der Waals surface area contributed by atoms with Crippen LogP contribution in [0.25, 0.3) is 11.0 Å². The fourth-order valence-electron chi connectivity index (χ4n) is 4.27. The highest BCUT2D eigenvalue weighted by atomic mass is 16.5. The summed E-state index contributed by atoms with van der Waals surface area (Å²) in [6.07, 6.45) is 0.469. The molecule has 5 nitrogen and oxygen atoms in total. The van der Waals surface area contributed by atoms with Gasteiger partial charge in [0.05, 0.1) is 17.6 Å². The van der Waals surface area contributed by atoms with E-state index in [1.165, 1.54) is 5.56 Å². The number of rotatable bonds is 6. The lowest BCUT2D eigenvalue weighted by Gasteiger charge is -2.18. The van der Waals surface area contributed by atoms with Gasteiger partial charge in [-0.15, -0.1) is 0 Å². The predicted octanol–water partition coefficient (Wildman–Crippen LogP) is 4.94. The number of aryl methyl sites for hydroxylation is 1. The van der Waals surface area contributed by atoms with Crippen LogP contribution in [0.15, 0.2) is 78.9 Å². The van der Waals surface area contributed by atoms with Crippen LogP contribution in [0.5, 0.6) is 5.75 Å². The highest BCUT2D eigenvalue weighted by molar-refractivity contribution is 5.96. The lowest BCUT2D eigenvalue weighted by Crippen LogP contribution is -2.24. The van der Waals surface area contributed by atoms with Crippen molar-refractivity contribution in [1.29, 1.82) is 0 Å². The van der Waals surface area contributed by atoms with Crippen molar-refractivity contribution < 1.29 is 9.53 Å². The zero-order chi connectivity index (χ0) is 21.2. The van der Waals surface area contributed by atoms with E-state index in [4.69, 9.17) is 9.72 Å². The normalized spacial score (nSPS) is 16.2. The summed E-state index contributed by atoms with van der Waals surface area (Å²) in [7, 11) is 0. The van der Waals surface area contributed by atoms with Gasteiger partial charge in [-0.1, -0.05) is 48.0 Å². The lowest BCUT2D eigenvalue weighted by molar-refractivity contribution is -0.117. The van der Waals surface area contributed by atoms with E-state index in [9.17, 15) is 4.79 Å². The molecule has 1 aliphatic rings. The van der Waals surface area contributed by atoms with Crippen molar-refractivity contribution >= 4 is 22.6 Å². The average Bonchev–Trinajstić information content (AvgIpc) is 3.36. The van der Waals surface area contributed by atoms with E-state index < -0.39 is 0 Å². The molecular weight excluding hydrogens is 386 g/mol. The van der Waals surface area contributed by atoms with Crippen molar-refractivity contribution in [1.82, 2.24) is 9.55 Å². The van der Waals surface area contributed by atoms with Crippen molar-refractivity contribution in [3.63, 3.8) is 0 Å². The molecule has 0 bridgehead atoms. The third-order valence-electron chi connectivity index (χ3n) is 5.85. The summed E-state index contributed by atoms with van der Waals surface area (Å²) in [5.74, 6) is 2.02. The quantitative estimate of drug-likeness (QED) is 0.451. The van der Waals surface area contributed by atoms with Gasteiger partial charge in [0.2, 0.25) is 5.91 Å². The van der Waals surface area contributed by atoms with E-state index in [0.717, 1.165) is 28.3 Å². The first-order chi connectivity index (χ1) is 15.2. The standard InChI is InChI=1S/C26H25N3O2/c1-19-11-13-21(14-12-19)29-18-20(17-25(29)30)26-27-23-9-5-6-10-24(23)28(26)15-16-31-22-7-3-2-4-8-22/h2-14,20H,15-18H2,1H3. The maximum atomic E-state index is 12.8. The van der Waals surface area contributed by atoms with Crippen LogP contribution >= 0.6 is 0 Å². The Morgan fingerprint density at radius 3 is 2.52 bits per heavy atom. The second-order valence-electron chi connectivity index (χ2n) is 8.01.